The van der Waals surface area contributed by atoms with Crippen molar-refractivity contribution in [3.05, 3.63) is 22.9 Å². The molecule has 0 unspecified atom stereocenters. The molecule has 1 fully saturated rings. The topological polar surface area (TPSA) is 29.3 Å². The van der Waals surface area contributed by atoms with E-state index in [-0.39, 0.29) is 0 Å². The zero-order chi connectivity index (χ0) is 10.8. The molecule has 0 radical (unpaired) electrons. The molecule has 2 N–H and O–H groups in total. The lowest BCUT2D eigenvalue weighted by Gasteiger charge is -2.32. The van der Waals surface area contributed by atoms with Gasteiger partial charge in [-0.2, -0.15) is 0 Å². The molecule has 15 heavy (non-hydrogen) atoms. The van der Waals surface area contributed by atoms with Gasteiger partial charge in [0.2, 0.25) is 0 Å². The van der Waals surface area contributed by atoms with Crippen molar-refractivity contribution in [3.8, 4) is 0 Å². The Kier molecular flexibility index (Phi) is 3.15. The van der Waals surface area contributed by atoms with Gasteiger partial charge in [-0.1, -0.05) is 11.6 Å². The van der Waals surface area contributed by atoms with Crippen LogP contribution in [0, 0.1) is 5.92 Å². The number of rotatable bonds is 1. The van der Waals surface area contributed by atoms with E-state index in [2.05, 4.69) is 24.9 Å². The molecule has 0 aromatic rings. The predicted molar refractivity (Wildman–Crippen MR) is 64.4 cm³/mol. The SMILES string of the molecule is CC1=C(N)CCC(C2CCN(C)CC2)=C1. The Morgan fingerprint density at radius 2 is 1.93 bits per heavy atom. The Morgan fingerprint density at radius 1 is 1.27 bits per heavy atom. The zero-order valence-electron chi connectivity index (χ0n) is 9.92. The Balaban J connectivity index is 2.03. The first-order valence-corrected chi connectivity index (χ1v) is 6.01. The van der Waals surface area contributed by atoms with Gasteiger partial charge >= 0.3 is 0 Å². The van der Waals surface area contributed by atoms with E-state index in [9.17, 15) is 0 Å². The highest BCUT2D eigenvalue weighted by atomic mass is 15.1. The highest BCUT2D eigenvalue weighted by Gasteiger charge is 2.21. The van der Waals surface area contributed by atoms with Crippen LogP contribution in [-0.2, 0) is 0 Å². The van der Waals surface area contributed by atoms with Crippen LogP contribution in [0.4, 0.5) is 0 Å². The Bertz CT molecular complexity index is 294. The number of likely N-dealkylation sites (tertiary alicyclic amines) is 1. The number of hydrogen-bond donors (Lipinski definition) is 1. The van der Waals surface area contributed by atoms with Gasteiger partial charge in [0.25, 0.3) is 0 Å². The fourth-order valence-electron chi connectivity index (χ4n) is 2.62. The van der Waals surface area contributed by atoms with Gasteiger partial charge in [-0.05, 0) is 64.2 Å². The lowest BCUT2D eigenvalue weighted by molar-refractivity contribution is 0.235. The average molecular weight is 206 g/mol. The van der Waals surface area contributed by atoms with Gasteiger partial charge in [0, 0.05) is 5.70 Å². The van der Waals surface area contributed by atoms with Crippen molar-refractivity contribution < 1.29 is 0 Å². The molecule has 2 rings (SSSR count). The Labute approximate surface area is 92.8 Å². The smallest absolute Gasteiger partial charge is 0.0113 e. The van der Waals surface area contributed by atoms with Crippen molar-refractivity contribution in [2.45, 2.75) is 32.6 Å². The zero-order valence-corrected chi connectivity index (χ0v) is 9.92. The molecule has 0 saturated carbocycles. The average Bonchev–Trinajstić information content (AvgIpc) is 2.23. The maximum Gasteiger partial charge on any atom is 0.0113 e. The molecule has 84 valence electrons. The van der Waals surface area contributed by atoms with Crippen LogP contribution >= 0.6 is 0 Å². The number of hydrogen-bond acceptors (Lipinski definition) is 2. The monoisotopic (exact) mass is 206 g/mol. The van der Waals surface area contributed by atoms with Crippen LogP contribution in [0.3, 0.4) is 0 Å². The summed E-state index contributed by atoms with van der Waals surface area (Å²) in [6, 6.07) is 0. The third-order valence-corrected chi connectivity index (χ3v) is 3.83. The van der Waals surface area contributed by atoms with Crippen LogP contribution in [0.25, 0.3) is 0 Å². The summed E-state index contributed by atoms with van der Waals surface area (Å²) in [5, 5.41) is 0. The molecule has 1 heterocycles. The van der Waals surface area contributed by atoms with Crippen molar-refractivity contribution in [2.24, 2.45) is 11.7 Å². The molecule has 0 aromatic carbocycles. The largest absolute Gasteiger partial charge is 0.402 e. The Hall–Kier alpha value is -0.760. The van der Waals surface area contributed by atoms with E-state index in [0.29, 0.717) is 0 Å². The van der Waals surface area contributed by atoms with Gasteiger partial charge in [-0.3, -0.25) is 0 Å². The molecule has 0 atom stereocenters. The molecule has 1 saturated heterocycles. The predicted octanol–water partition coefficient (Wildman–Crippen LogP) is 2.28. The normalized spacial score (nSPS) is 25.6. The van der Waals surface area contributed by atoms with Crippen molar-refractivity contribution in [3.63, 3.8) is 0 Å². The first-order chi connectivity index (χ1) is 7.16. The Morgan fingerprint density at radius 3 is 2.53 bits per heavy atom. The van der Waals surface area contributed by atoms with Crippen LogP contribution in [0.15, 0.2) is 22.9 Å². The van der Waals surface area contributed by atoms with E-state index in [1.807, 2.05) is 0 Å². The first-order valence-electron chi connectivity index (χ1n) is 6.01. The van der Waals surface area contributed by atoms with E-state index in [1.165, 1.54) is 37.9 Å². The highest BCUT2D eigenvalue weighted by Crippen LogP contribution is 2.32. The minimum atomic E-state index is 0.823. The van der Waals surface area contributed by atoms with Gasteiger partial charge in [0.05, 0.1) is 0 Å². The summed E-state index contributed by atoms with van der Waals surface area (Å²) in [6.07, 6.45) is 7.27. The molecule has 0 amide bonds. The summed E-state index contributed by atoms with van der Waals surface area (Å²) < 4.78 is 0. The number of piperidine rings is 1. The molecule has 2 heteroatoms. The standard InChI is InChI=1S/C13H22N2/c1-10-9-12(3-4-13(10)14)11-5-7-15(2)8-6-11/h9,11H,3-8,14H2,1-2H3. The van der Waals surface area contributed by atoms with E-state index < -0.39 is 0 Å². The third kappa shape index (κ3) is 2.43. The molecular formula is C13H22N2. The van der Waals surface area contributed by atoms with Gasteiger partial charge in [0.15, 0.2) is 0 Å². The summed E-state index contributed by atoms with van der Waals surface area (Å²) in [4.78, 5) is 2.43. The first kappa shape index (κ1) is 10.7. The second-order valence-electron chi connectivity index (χ2n) is 5.01. The second-order valence-corrected chi connectivity index (χ2v) is 5.01. The van der Waals surface area contributed by atoms with Crippen LogP contribution in [0.2, 0.25) is 0 Å². The van der Waals surface area contributed by atoms with Crippen LogP contribution < -0.4 is 5.73 Å². The van der Waals surface area contributed by atoms with E-state index in [1.54, 1.807) is 5.57 Å². The van der Waals surface area contributed by atoms with Gasteiger partial charge in [-0.15, -0.1) is 0 Å². The van der Waals surface area contributed by atoms with Crippen LogP contribution in [0.5, 0.6) is 0 Å². The molecule has 0 spiro atoms. The molecule has 2 nitrogen and oxygen atoms in total. The van der Waals surface area contributed by atoms with Crippen molar-refractivity contribution in [2.75, 3.05) is 20.1 Å². The van der Waals surface area contributed by atoms with Crippen LogP contribution in [0.1, 0.15) is 32.6 Å². The highest BCUT2D eigenvalue weighted by molar-refractivity contribution is 5.31. The van der Waals surface area contributed by atoms with Gasteiger partial charge in [-0.25, -0.2) is 0 Å². The van der Waals surface area contributed by atoms with Gasteiger partial charge in [0.1, 0.15) is 0 Å². The van der Waals surface area contributed by atoms with E-state index >= 15 is 0 Å². The third-order valence-electron chi connectivity index (χ3n) is 3.83. The van der Waals surface area contributed by atoms with Crippen LogP contribution in [-0.4, -0.2) is 25.0 Å². The van der Waals surface area contributed by atoms with Crippen molar-refractivity contribution in [1.82, 2.24) is 4.90 Å². The maximum absolute atomic E-state index is 5.92. The van der Waals surface area contributed by atoms with Crippen molar-refractivity contribution >= 4 is 0 Å². The fourth-order valence-corrected chi connectivity index (χ4v) is 2.62. The summed E-state index contributed by atoms with van der Waals surface area (Å²) >= 11 is 0. The number of nitrogens with two attached hydrogens (primary N) is 1. The summed E-state index contributed by atoms with van der Waals surface area (Å²) in [5.74, 6) is 0.823. The maximum atomic E-state index is 5.92. The lowest BCUT2D eigenvalue weighted by Crippen LogP contribution is -2.31. The lowest BCUT2D eigenvalue weighted by atomic mass is 9.83. The number of nitrogens with zero attached hydrogens (tertiary/aromatic N) is 1. The summed E-state index contributed by atoms with van der Waals surface area (Å²) in [5.41, 5.74) is 9.96. The minimum Gasteiger partial charge on any atom is -0.402 e. The summed E-state index contributed by atoms with van der Waals surface area (Å²) in [6.45, 7) is 4.64. The van der Waals surface area contributed by atoms with Crippen molar-refractivity contribution in [1.29, 1.82) is 0 Å². The number of allylic oxidation sites excluding steroid dienone is 4. The minimum absolute atomic E-state index is 0.823. The molecule has 1 aliphatic carbocycles. The molecule has 1 aliphatic heterocycles. The summed E-state index contributed by atoms with van der Waals surface area (Å²) in [7, 11) is 2.22. The van der Waals surface area contributed by atoms with E-state index in [0.717, 1.165) is 18.0 Å². The molecule has 0 aromatic heterocycles. The van der Waals surface area contributed by atoms with Gasteiger partial charge < -0.3 is 10.6 Å². The van der Waals surface area contributed by atoms with E-state index in [4.69, 9.17) is 5.73 Å². The quantitative estimate of drug-likeness (QED) is 0.713. The fraction of sp³-hybridized carbons (Fsp3) is 0.692. The second kappa shape index (κ2) is 4.40. The molecular weight excluding hydrogens is 184 g/mol. The molecule has 0 bridgehead atoms. The molecule has 2 aliphatic rings.